The molecule has 1 heterocycles. The molecule has 1 amide bonds. The predicted octanol–water partition coefficient (Wildman–Crippen LogP) is 4.31. The number of furan rings is 1. The van der Waals surface area contributed by atoms with E-state index in [1.54, 1.807) is 24.3 Å². The minimum atomic E-state index is -0.472. The van der Waals surface area contributed by atoms with Crippen molar-refractivity contribution in [3.05, 3.63) is 86.6 Å². The molecule has 0 aliphatic rings. The van der Waals surface area contributed by atoms with Crippen molar-refractivity contribution in [1.29, 1.82) is 0 Å². The highest BCUT2D eigenvalue weighted by Crippen LogP contribution is 2.33. The summed E-state index contributed by atoms with van der Waals surface area (Å²) in [5, 5.41) is 15.1. The summed E-state index contributed by atoms with van der Waals surface area (Å²) >= 11 is 3.22. The zero-order chi connectivity index (χ0) is 19.2. The summed E-state index contributed by atoms with van der Waals surface area (Å²) in [5.41, 5.74) is 3.59. The van der Waals surface area contributed by atoms with E-state index in [0.29, 0.717) is 21.6 Å². The van der Waals surface area contributed by atoms with Gasteiger partial charge in [0.05, 0.1) is 23.1 Å². The van der Waals surface area contributed by atoms with Crippen LogP contribution in [0.1, 0.15) is 11.3 Å². The van der Waals surface area contributed by atoms with Crippen LogP contribution in [0.4, 0.5) is 5.69 Å². The Morgan fingerprint density at radius 1 is 1.19 bits per heavy atom. The number of nitrogens with one attached hydrogen (secondary N) is 1. The van der Waals surface area contributed by atoms with E-state index in [1.807, 2.05) is 30.3 Å². The number of hydrazone groups is 1. The molecular formula is C19H14BrN3O4. The van der Waals surface area contributed by atoms with Gasteiger partial charge in [0, 0.05) is 10.5 Å². The van der Waals surface area contributed by atoms with Crippen molar-refractivity contribution < 1.29 is 14.1 Å². The maximum atomic E-state index is 11.8. The summed E-state index contributed by atoms with van der Waals surface area (Å²) in [4.78, 5) is 22.6. The normalized spacial score (nSPS) is 10.9. The van der Waals surface area contributed by atoms with Crippen molar-refractivity contribution in [2.24, 2.45) is 5.10 Å². The lowest BCUT2D eigenvalue weighted by atomic mass is 10.1. The lowest BCUT2D eigenvalue weighted by Crippen LogP contribution is -2.19. The molecule has 0 aliphatic heterocycles. The summed E-state index contributed by atoms with van der Waals surface area (Å²) in [6.07, 6.45) is 1.56. The summed E-state index contributed by atoms with van der Waals surface area (Å²) in [5.74, 6) is 0.446. The molecule has 0 spiro atoms. The van der Waals surface area contributed by atoms with Gasteiger partial charge in [0.2, 0.25) is 5.91 Å². The van der Waals surface area contributed by atoms with Crippen LogP contribution in [-0.4, -0.2) is 17.0 Å². The Kier molecular flexibility index (Phi) is 5.77. The van der Waals surface area contributed by atoms with Crippen LogP contribution in [0.15, 0.2) is 74.7 Å². The monoisotopic (exact) mass is 427 g/mol. The molecule has 3 rings (SSSR count). The van der Waals surface area contributed by atoms with Gasteiger partial charge in [-0.05, 0) is 29.8 Å². The number of halogens is 1. The van der Waals surface area contributed by atoms with Crippen LogP contribution in [0.5, 0.6) is 0 Å². The van der Waals surface area contributed by atoms with E-state index in [0.717, 1.165) is 5.56 Å². The fraction of sp³-hybridized carbons (Fsp3) is 0.0526. The molecular weight excluding hydrogens is 414 g/mol. The average molecular weight is 428 g/mol. The van der Waals surface area contributed by atoms with Crippen LogP contribution >= 0.6 is 15.9 Å². The maximum Gasteiger partial charge on any atom is 0.281 e. The summed E-state index contributed by atoms with van der Waals surface area (Å²) < 4.78 is 6.18. The van der Waals surface area contributed by atoms with Gasteiger partial charge >= 0.3 is 0 Å². The van der Waals surface area contributed by atoms with Crippen LogP contribution in [-0.2, 0) is 11.2 Å². The number of nitrogens with zero attached hydrogens (tertiary/aromatic N) is 2. The number of carbonyl (C=O) groups excluding carboxylic acids is 1. The first-order valence-corrected chi connectivity index (χ1v) is 8.72. The number of carbonyl (C=O) groups is 1. The Labute approximate surface area is 163 Å². The Balaban J connectivity index is 1.67. The van der Waals surface area contributed by atoms with Gasteiger partial charge in [-0.2, -0.15) is 5.10 Å². The first kappa shape index (κ1) is 18.5. The highest BCUT2D eigenvalue weighted by molar-refractivity contribution is 9.10. The van der Waals surface area contributed by atoms with E-state index < -0.39 is 4.92 Å². The van der Waals surface area contributed by atoms with Crippen molar-refractivity contribution in [3.63, 3.8) is 0 Å². The standard InChI is InChI=1S/C19H14BrN3O4/c20-14-6-8-16(17(11-14)23(25)26)18-9-7-15(27-18)12-21-22-19(24)10-13-4-2-1-3-5-13/h1-9,11-12H,10H2,(H,22,24)/b21-12-. The smallest absolute Gasteiger partial charge is 0.281 e. The second-order valence-electron chi connectivity index (χ2n) is 5.58. The Morgan fingerprint density at radius 3 is 2.70 bits per heavy atom. The zero-order valence-electron chi connectivity index (χ0n) is 14.0. The molecule has 0 radical (unpaired) electrons. The fourth-order valence-corrected chi connectivity index (χ4v) is 2.77. The molecule has 7 nitrogen and oxygen atoms in total. The quantitative estimate of drug-likeness (QED) is 0.359. The predicted molar refractivity (Wildman–Crippen MR) is 104 cm³/mol. The molecule has 8 heteroatoms. The second-order valence-corrected chi connectivity index (χ2v) is 6.49. The minimum Gasteiger partial charge on any atom is -0.455 e. The molecule has 0 bridgehead atoms. The van der Waals surface area contributed by atoms with Crippen molar-refractivity contribution in [1.82, 2.24) is 5.43 Å². The summed E-state index contributed by atoms with van der Waals surface area (Å²) in [6, 6.07) is 17.2. The van der Waals surface area contributed by atoms with E-state index in [-0.39, 0.29) is 18.0 Å². The van der Waals surface area contributed by atoms with E-state index in [4.69, 9.17) is 4.42 Å². The highest BCUT2D eigenvalue weighted by atomic mass is 79.9. The molecule has 0 saturated heterocycles. The van der Waals surface area contributed by atoms with E-state index in [2.05, 4.69) is 26.5 Å². The van der Waals surface area contributed by atoms with Crippen molar-refractivity contribution in [2.75, 3.05) is 0 Å². The fourth-order valence-electron chi connectivity index (χ4n) is 2.42. The Morgan fingerprint density at radius 2 is 1.96 bits per heavy atom. The maximum absolute atomic E-state index is 11.8. The number of benzene rings is 2. The molecule has 0 unspecified atom stereocenters. The van der Waals surface area contributed by atoms with Crippen molar-refractivity contribution >= 4 is 33.7 Å². The lowest BCUT2D eigenvalue weighted by molar-refractivity contribution is -0.384. The van der Waals surface area contributed by atoms with Gasteiger partial charge < -0.3 is 4.42 Å². The molecule has 136 valence electrons. The first-order valence-electron chi connectivity index (χ1n) is 7.93. The molecule has 0 fully saturated rings. The van der Waals surface area contributed by atoms with Crippen LogP contribution in [0, 0.1) is 10.1 Å². The van der Waals surface area contributed by atoms with E-state index in [1.165, 1.54) is 12.3 Å². The molecule has 0 atom stereocenters. The topological polar surface area (TPSA) is 97.7 Å². The molecule has 3 aromatic rings. The van der Waals surface area contributed by atoms with Gasteiger partial charge in [-0.3, -0.25) is 14.9 Å². The number of nitro benzene ring substituents is 1. The van der Waals surface area contributed by atoms with Crippen LogP contribution in [0.3, 0.4) is 0 Å². The molecule has 1 aromatic heterocycles. The second kappa shape index (κ2) is 8.41. The van der Waals surface area contributed by atoms with Crippen LogP contribution in [0.25, 0.3) is 11.3 Å². The lowest BCUT2D eigenvalue weighted by Gasteiger charge is -2.00. The Bertz CT molecular complexity index is 999. The first-order chi connectivity index (χ1) is 13.0. The molecule has 0 aliphatic carbocycles. The highest BCUT2D eigenvalue weighted by Gasteiger charge is 2.18. The molecule has 0 saturated carbocycles. The van der Waals surface area contributed by atoms with E-state index in [9.17, 15) is 14.9 Å². The van der Waals surface area contributed by atoms with Gasteiger partial charge in [-0.25, -0.2) is 5.43 Å². The minimum absolute atomic E-state index is 0.0709. The third kappa shape index (κ3) is 4.89. The number of hydrogen-bond acceptors (Lipinski definition) is 5. The SMILES string of the molecule is O=C(Cc1ccccc1)N/N=C\c1ccc(-c2ccc(Br)cc2[N+](=O)[O-])o1. The third-order valence-corrected chi connectivity index (χ3v) is 4.13. The number of hydrogen-bond donors (Lipinski definition) is 1. The average Bonchev–Trinajstić information content (AvgIpc) is 3.11. The Hall–Kier alpha value is -3.26. The third-order valence-electron chi connectivity index (χ3n) is 3.64. The molecule has 2 aromatic carbocycles. The summed E-state index contributed by atoms with van der Waals surface area (Å²) in [6.45, 7) is 0. The number of amides is 1. The number of nitro groups is 1. The largest absolute Gasteiger partial charge is 0.455 e. The van der Waals surface area contributed by atoms with Gasteiger partial charge in [0.15, 0.2) is 0 Å². The summed E-state index contributed by atoms with van der Waals surface area (Å²) in [7, 11) is 0. The van der Waals surface area contributed by atoms with E-state index >= 15 is 0 Å². The van der Waals surface area contributed by atoms with Crippen molar-refractivity contribution in [3.8, 4) is 11.3 Å². The molecule has 27 heavy (non-hydrogen) atoms. The van der Waals surface area contributed by atoms with Crippen LogP contribution < -0.4 is 5.43 Å². The number of rotatable bonds is 6. The van der Waals surface area contributed by atoms with Crippen molar-refractivity contribution in [2.45, 2.75) is 6.42 Å². The van der Waals surface area contributed by atoms with Crippen LogP contribution in [0.2, 0.25) is 0 Å². The molecule has 1 N–H and O–H groups in total. The van der Waals surface area contributed by atoms with Gasteiger partial charge in [0.25, 0.3) is 5.69 Å². The zero-order valence-corrected chi connectivity index (χ0v) is 15.5. The van der Waals surface area contributed by atoms with Gasteiger partial charge in [-0.1, -0.05) is 46.3 Å². The van der Waals surface area contributed by atoms with Gasteiger partial charge in [-0.15, -0.1) is 0 Å². The van der Waals surface area contributed by atoms with Gasteiger partial charge in [0.1, 0.15) is 11.5 Å².